The third-order valence-electron chi connectivity index (χ3n) is 0. The summed E-state index contributed by atoms with van der Waals surface area (Å²) in [4.78, 5) is 0. The number of hydrogen-bond acceptors (Lipinski definition) is 0. The van der Waals surface area contributed by atoms with Crippen molar-refractivity contribution in [1.82, 2.24) is 0 Å². The molecule has 0 heterocycles. The van der Waals surface area contributed by atoms with Gasteiger partial charge in [0.2, 0.25) is 0 Å². The van der Waals surface area contributed by atoms with Crippen molar-refractivity contribution in [1.29, 1.82) is 0 Å². The summed E-state index contributed by atoms with van der Waals surface area (Å²) in [5.74, 6) is 0. The van der Waals surface area contributed by atoms with Crippen molar-refractivity contribution in [3.05, 3.63) is 0 Å². The van der Waals surface area contributed by atoms with Gasteiger partial charge in [-0.1, -0.05) is 0 Å². The van der Waals surface area contributed by atoms with Crippen LogP contribution in [0.2, 0.25) is 0 Å². The molecule has 0 aliphatic heterocycles. The molecule has 0 fully saturated rings. The minimum Gasteiger partial charge on any atom is -0.418 e. The summed E-state index contributed by atoms with van der Waals surface area (Å²) >= 11 is 0. The first kappa shape index (κ1) is 9.86. The molecule has 0 aromatic heterocycles. The third kappa shape index (κ3) is 129. The Bertz CT molecular complexity index is 27.2. The Balaban J connectivity index is -0.0000000800. The molecule has 4 radical (unpaired) electrons. The summed E-state index contributed by atoms with van der Waals surface area (Å²) in [6.07, 6.45) is 0. The predicted octanol–water partition coefficient (Wildman–Crippen LogP) is 1.03. The van der Waals surface area contributed by atoms with E-state index < -0.39 is 7.25 Å². The zero-order chi connectivity index (χ0) is 4.50. The van der Waals surface area contributed by atoms with Crippen LogP contribution < -0.4 is 0 Å². The van der Waals surface area contributed by atoms with Crippen LogP contribution in [0.25, 0.3) is 0 Å². The van der Waals surface area contributed by atoms with Crippen LogP contribution in [0.4, 0.5) is 17.3 Å². The topological polar surface area (TPSA) is 0 Å². The summed E-state index contributed by atoms with van der Waals surface area (Å²) < 4.78 is 39.0. The van der Waals surface area contributed by atoms with Gasteiger partial charge in [0, 0.05) is 27.3 Å². The Hall–Kier alpha value is 0.707. The summed E-state index contributed by atoms with van der Waals surface area (Å²) in [7, 11) is -6.00. The van der Waals surface area contributed by atoms with Gasteiger partial charge in [0.25, 0.3) is 0 Å². The SMILES string of the molecule is F[B-](F)(F)F.[H+].[Pb]. The van der Waals surface area contributed by atoms with Crippen molar-refractivity contribution in [3.63, 3.8) is 0 Å². The van der Waals surface area contributed by atoms with Gasteiger partial charge in [0.05, 0.1) is 0 Å². The van der Waals surface area contributed by atoms with Crippen LogP contribution in [0, 0.1) is 0 Å². The van der Waals surface area contributed by atoms with Crippen LogP contribution in [0.1, 0.15) is 1.43 Å². The molecule has 6 heavy (non-hydrogen) atoms. The third-order valence-corrected chi connectivity index (χ3v) is 0. The van der Waals surface area contributed by atoms with Crippen LogP contribution in [0.3, 0.4) is 0 Å². The minimum absolute atomic E-state index is 0. The van der Waals surface area contributed by atoms with E-state index in [1.54, 1.807) is 0 Å². The molecule has 36 valence electrons. The Morgan fingerprint density at radius 2 is 1.00 bits per heavy atom. The smallest absolute Gasteiger partial charge is 0.418 e. The van der Waals surface area contributed by atoms with Gasteiger partial charge >= 0.3 is 8.68 Å². The maximum Gasteiger partial charge on any atom is 1.00 e. The van der Waals surface area contributed by atoms with E-state index in [2.05, 4.69) is 0 Å². The van der Waals surface area contributed by atoms with Crippen molar-refractivity contribution in [3.8, 4) is 0 Å². The fourth-order valence-electron chi connectivity index (χ4n) is 0. The van der Waals surface area contributed by atoms with E-state index in [1.807, 2.05) is 0 Å². The molecule has 6 heteroatoms. The van der Waals surface area contributed by atoms with Gasteiger partial charge in [-0.2, -0.15) is 0 Å². The van der Waals surface area contributed by atoms with Crippen LogP contribution in [0.5, 0.6) is 0 Å². The van der Waals surface area contributed by atoms with Gasteiger partial charge in [-0.15, -0.1) is 0 Å². The average Bonchev–Trinajstić information content (AvgIpc) is 0.722. The molecule has 0 N–H and O–H groups in total. The molecule has 0 aliphatic carbocycles. The minimum atomic E-state index is -6.00. The Morgan fingerprint density at radius 1 is 1.00 bits per heavy atom. The van der Waals surface area contributed by atoms with Crippen molar-refractivity contribution >= 4 is 34.6 Å². The molecule has 0 aliphatic rings. The van der Waals surface area contributed by atoms with Crippen molar-refractivity contribution in [2.24, 2.45) is 0 Å². The molecule has 0 nitrogen and oxygen atoms in total. The van der Waals surface area contributed by atoms with Gasteiger partial charge in [0.15, 0.2) is 0 Å². The van der Waals surface area contributed by atoms with E-state index in [1.165, 1.54) is 0 Å². The first-order valence-electron chi connectivity index (χ1n) is 0.873. The van der Waals surface area contributed by atoms with Gasteiger partial charge in [-0.3, -0.25) is 0 Å². The molecule has 0 spiro atoms. The summed E-state index contributed by atoms with van der Waals surface area (Å²) in [5.41, 5.74) is 0. The quantitative estimate of drug-likeness (QED) is 0.462. The van der Waals surface area contributed by atoms with Crippen LogP contribution in [0.15, 0.2) is 0 Å². The fourth-order valence-corrected chi connectivity index (χ4v) is 0. The maximum atomic E-state index is 9.75. The molecular formula is HBF4Pb. The Kier molecular flexibility index (Phi) is 4.62. The van der Waals surface area contributed by atoms with E-state index in [9.17, 15) is 17.3 Å². The van der Waals surface area contributed by atoms with Gasteiger partial charge in [-0.25, -0.2) is 0 Å². The Labute approximate surface area is 53.7 Å². The molecule has 0 saturated heterocycles. The average molecular weight is 295 g/mol. The van der Waals surface area contributed by atoms with E-state index in [-0.39, 0.29) is 28.7 Å². The van der Waals surface area contributed by atoms with E-state index in [4.69, 9.17) is 0 Å². The van der Waals surface area contributed by atoms with Gasteiger partial charge in [-0.05, 0) is 0 Å². The van der Waals surface area contributed by atoms with Crippen molar-refractivity contribution < 1.29 is 18.7 Å². The van der Waals surface area contributed by atoms with Gasteiger partial charge in [0.1, 0.15) is 0 Å². The summed E-state index contributed by atoms with van der Waals surface area (Å²) in [5, 5.41) is 0. The Morgan fingerprint density at radius 3 is 1.00 bits per heavy atom. The fraction of sp³-hybridized carbons (Fsp3) is 0. The summed E-state index contributed by atoms with van der Waals surface area (Å²) in [6.45, 7) is 0. The second kappa shape index (κ2) is 2.81. The van der Waals surface area contributed by atoms with Crippen LogP contribution >= 0.6 is 0 Å². The van der Waals surface area contributed by atoms with Gasteiger partial charge < -0.3 is 17.3 Å². The summed E-state index contributed by atoms with van der Waals surface area (Å²) in [6, 6.07) is 0. The molecular weight excluding hydrogens is 294 g/mol. The van der Waals surface area contributed by atoms with E-state index in [0.29, 0.717) is 0 Å². The molecule has 0 bridgehead atoms. The van der Waals surface area contributed by atoms with Crippen molar-refractivity contribution in [2.75, 3.05) is 0 Å². The monoisotopic (exact) mass is 296 g/mol. The van der Waals surface area contributed by atoms with E-state index >= 15 is 0 Å². The standard InChI is InChI=1S/BF4.Pb/c2-1(3,4)5;/q-1;/p+1. The normalized spacial score (nSPS) is 10.0. The van der Waals surface area contributed by atoms with Crippen LogP contribution in [-0.2, 0) is 0 Å². The molecule has 0 aromatic carbocycles. The number of rotatable bonds is 0. The van der Waals surface area contributed by atoms with E-state index in [0.717, 1.165) is 0 Å². The second-order valence-corrected chi connectivity index (χ2v) is 0.495. The first-order chi connectivity index (χ1) is 2.00. The molecule has 0 amide bonds. The number of hydrogen-bond donors (Lipinski definition) is 0. The molecule has 0 saturated carbocycles. The van der Waals surface area contributed by atoms with Crippen LogP contribution in [-0.4, -0.2) is 34.6 Å². The van der Waals surface area contributed by atoms with Crippen molar-refractivity contribution in [2.45, 2.75) is 0 Å². The second-order valence-electron chi connectivity index (χ2n) is 0.495. The first-order valence-corrected chi connectivity index (χ1v) is 0.873. The zero-order valence-corrected chi connectivity index (χ0v) is 6.48. The maximum absolute atomic E-state index is 9.75. The molecule has 0 atom stereocenters. The largest absolute Gasteiger partial charge is 1.00 e. The predicted molar refractivity (Wildman–Crippen MR) is 17.1 cm³/mol. The molecule has 0 unspecified atom stereocenters. The molecule has 0 rings (SSSR count). The number of halogens is 4. The zero-order valence-electron chi connectivity index (χ0n) is 3.59. The molecule has 0 aromatic rings.